The highest BCUT2D eigenvalue weighted by molar-refractivity contribution is 5.89. The van der Waals surface area contributed by atoms with Crippen LogP contribution in [0.1, 0.15) is 42.6 Å². The monoisotopic (exact) mass is 279 g/mol. The lowest BCUT2D eigenvalue weighted by Crippen LogP contribution is -2.36. The van der Waals surface area contributed by atoms with Gasteiger partial charge in [0.2, 0.25) is 0 Å². The van der Waals surface area contributed by atoms with E-state index in [2.05, 4.69) is 23.5 Å². The van der Waals surface area contributed by atoms with Crippen molar-refractivity contribution in [3.8, 4) is 0 Å². The highest BCUT2D eigenvalue weighted by atomic mass is 16.5. The van der Waals surface area contributed by atoms with Crippen LogP contribution in [0.15, 0.2) is 24.3 Å². The van der Waals surface area contributed by atoms with Gasteiger partial charge in [-0.25, -0.2) is 4.79 Å². The molecule has 0 unspecified atom stereocenters. The van der Waals surface area contributed by atoms with Crippen LogP contribution >= 0.6 is 0 Å². The Bertz CT molecular complexity index is 399. The Hall–Kier alpha value is -1.39. The van der Waals surface area contributed by atoms with E-state index in [0.717, 1.165) is 24.9 Å². The molecule has 0 bridgehead atoms. The van der Waals surface area contributed by atoms with Crippen LogP contribution in [-0.2, 0) is 11.3 Å². The van der Waals surface area contributed by atoms with Gasteiger partial charge < -0.3 is 9.84 Å². The van der Waals surface area contributed by atoms with Crippen LogP contribution in [0, 0.1) is 0 Å². The van der Waals surface area contributed by atoms with E-state index in [0.29, 0.717) is 18.2 Å². The van der Waals surface area contributed by atoms with Crippen LogP contribution in [0.5, 0.6) is 0 Å². The number of hydrogen-bond donors (Lipinski definition) is 1. The molecule has 1 aromatic rings. The van der Waals surface area contributed by atoms with Gasteiger partial charge in [0.05, 0.1) is 19.3 Å². The summed E-state index contributed by atoms with van der Waals surface area (Å²) in [5.74, 6) is -0.316. The number of ether oxygens (including phenoxy) is 1. The Kier molecular flexibility index (Phi) is 7.26. The van der Waals surface area contributed by atoms with Gasteiger partial charge in [-0.05, 0) is 30.5 Å². The summed E-state index contributed by atoms with van der Waals surface area (Å²) in [5.41, 5.74) is 1.70. The molecule has 0 saturated heterocycles. The standard InChI is InChI=1S/C16H25NO3/c1-4-15(5-2)17(10-11-18)12-13-6-8-14(9-7-13)16(19)20-3/h6-9,15,18H,4-5,10-12H2,1-3H3. The summed E-state index contributed by atoms with van der Waals surface area (Å²) in [6, 6.07) is 7.93. The number of nitrogens with zero attached hydrogens (tertiary/aromatic N) is 1. The molecule has 0 amide bonds. The topological polar surface area (TPSA) is 49.8 Å². The maximum absolute atomic E-state index is 11.4. The van der Waals surface area contributed by atoms with Crippen LogP contribution in [-0.4, -0.2) is 42.3 Å². The van der Waals surface area contributed by atoms with Gasteiger partial charge in [0, 0.05) is 19.1 Å². The number of benzene rings is 1. The normalized spacial score (nSPS) is 11.1. The SMILES string of the molecule is CCC(CC)N(CCO)Cc1ccc(C(=O)OC)cc1. The van der Waals surface area contributed by atoms with Crippen molar-refractivity contribution in [1.82, 2.24) is 4.90 Å². The minimum absolute atomic E-state index is 0.163. The summed E-state index contributed by atoms with van der Waals surface area (Å²) in [6.45, 7) is 5.95. The molecule has 1 aromatic carbocycles. The second kappa shape index (κ2) is 8.72. The lowest BCUT2D eigenvalue weighted by molar-refractivity contribution is 0.0600. The molecular formula is C16H25NO3. The molecule has 0 radical (unpaired) electrons. The molecule has 4 nitrogen and oxygen atoms in total. The third-order valence-corrected chi connectivity index (χ3v) is 3.61. The van der Waals surface area contributed by atoms with E-state index in [1.165, 1.54) is 7.11 Å². The fourth-order valence-electron chi connectivity index (χ4n) is 2.42. The number of rotatable bonds is 8. The van der Waals surface area contributed by atoms with Crippen LogP contribution in [0.2, 0.25) is 0 Å². The zero-order valence-electron chi connectivity index (χ0n) is 12.6. The van der Waals surface area contributed by atoms with Gasteiger partial charge in [-0.2, -0.15) is 0 Å². The summed E-state index contributed by atoms with van der Waals surface area (Å²) in [5, 5.41) is 9.20. The van der Waals surface area contributed by atoms with Crippen molar-refractivity contribution >= 4 is 5.97 Å². The first-order chi connectivity index (χ1) is 9.65. The Labute approximate surface area is 121 Å². The molecule has 20 heavy (non-hydrogen) atoms. The Morgan fingerprint density at radius 1 is 1.25 bits per heavy atom. The summed E-state index contributed by atoms with van der Waals surface area (Å²) in [6.07, 6.45) is 2.13. The Morgan fingerprint density at radius 3 is 2.30 bits per heavy atom. The van der Waals surface area contributed by atoms with Gasteiger partial charge in [-0.3, -0.25) is 4.90 Å². The van der Waals surface area contributed by atoms with Crippen molar-refractivity contribution in [1.29, 1.82) is 0 Å². The summed E-state index contributed by atoms with van der Waals surface area (Å²) in [4.78, 5) is 13.7. The van der Waals surface area contributed by atoms with E-state index in [4.69, 9.17) is 0 Å². The summed E-state index contributed by atoms with van der Waals surface area (Å²) < 4.78 is 4.69. The van der Waals surface area contributed by atoms with Crippen LogP contribution in [0.4, 0.5) is 0 Å². The smallest absolute Gasteiger partial charge is 0.337 e. The number of aliphatic hydroxyl groups is 1. The Morgan fingerprint density at radius 2 is 1.85 bits per heavy atom. The number of aliphatic hydroxyl groups excluding tert-OH is 1. The predicted molar refractivity (Wildman–Crippen MR) is 79.6 cm³/mol. The molecule has 0 heterocycles. The number of methoxy groups -OCH3 is 1. The fraction of sp³-hybridized carbons (Fsp3) is 0.562. The highest BCUT2D eigenvalue weighted by Gasteiger charge is 2.15. The second-order valence-electron chi connectivity index (χ2n) is 4.85. The highest BCUT2D eigenvalue weighted by Crippen LogP contribution is 2.14. The van der Waals surface area contributed by atoms with Crippen molar-refractivity contribution in [2.45, 2.75) is 39.3 Å². The van der Waals surface area contributed by atoms with Gasteiger partial charge in [-0.1, -0.05) is 26.0 Å². The Balaban J connectivity index is 2.75. The number of carbonyl (C=O) groups is 1. The minimum Gasteiger partial charge on any atom is -0.465 e. The number of hydrogen-bond acceptors (Lipinski definition) is 4. The average molecular weight is 279 g/mol. The lowest BCUT2D eigenvalue weighted by Gasteiger charge is -2.29. The first kappa shape index (κ1) is 16.7. The fourth-order valence-corrected chi connectivity index (χ4v) is 2.42. The first-order valence-electron chi connectivity index (χ1n) is 7.18. The zero-order chi connectivity index (χ0) is 15.0. The third kappa shape index (κ3) is 4.62. The van der Waals surface area contributed by atoms with Crippen LogP contribution in [0.25, 0.3) is 0 Å². The van der Waals surface area contributed by atoms with E-state index in [1.807, 2.05) is 12.1 Å². The number of carbonyl (C=O) groups excluding carboxylic acids is 1. The molecule has 0 fully saturated rings. The minimum atomic E-state index is -0.316. The summed E-state index contributed by atoms with van der Waals surface area (Å²) in [7, 11) is 1.38. The van der Waals surface area contributed by atoms with Crippen molar-refractivity contribution in [2.75, 3.05) is 20.3 Å². The quantitative estimate of drug-likeness (QED) is 0.743. The van der Waals surface area contributed by atoms with Gasteiger partial charge in [0.25, 0.3) is 0 Å². The van der Waals surface area contributed by atoms with Crippen LogP contribution in [0.3, 0.4) is 0 Å². The molecule has 0 spiro atoms. The van der Waals surface area contributed by atoms with Crippen molar-refractivity contribution < 1.29 is 14.6 Å². The maximum Gasteiger partial charge on any atom is 0.337 e. The second-order valence-corrected chi connectivity index (χ2v) is 4.85. The van der Waals surface area contributed by atoms with E-state index in [1.54, 1.807) is 12.1 Å². The van der Waals surface area contributed by atoms with Crippen LogP contribution < -0.4 is 0 Å². The molecule has 1 N–H and O–H groups in total. The zero-order valence-corrected chi connectivity index (χ0v) is 12.6. The summed E-state index contributed by atoms with van der Waals surface area (Å²) >= 11 is 0. The lowest BCUT2D eigenvalue weighted by atomic mass is 10.1. The molecule has 0 aliphatic heterocycles. The number of esters is 1. The predicted octanol–water partition coefficient (Wildman–Crippen LogP) is 2.46. The van der Waals surface area contributed by atoms with E-state index < -0.39 is 0 Å². The van der Waals surface area contributed by atoms with E-state index in [-0.39, 0.29) is 12.6 Å². The molecule has 0 aliphatic rings. The largest absolute Gasteiger partial charge is 0.465 e. The molecule has 0 aliphatic carbocycles. The van der Waals surface area contributed by atoms with Crippen molar-refractivity contribution in [2.24, 2.45) is 0 Å². The molecule has 1 rings (SSSR count). The molecule has 0 atom stereocenters. The molecular weight excluding hydrogens is 254 g/mol. The van der Waals surface area contributed by atoms with Gasteiger partial charge >= 0.3 is 5.97 Å². The molecule has 4 heteroatoms. The van der Waals surface area contributed by atoms with Crippen molar-refractivity contribution in [3.63, 3.8) is 0 Å². The van der Waals surface area contributed by atoms with E-state index >= 15 is 0 Å². The first-order valence-corrected chi connectivity index (χ1v) is 7.18. The molecule has 112 valence electrons. The average Bonchev–Trinajstić information content (AvgIpc) is 2.48. The van der Waals surface area contributed by atoms with E-state index in [9.17, 15) is 9.90 Å². The van der Waals surface area contributed by atoms with Gasteiger partial charge in [-0.15, -0.1) is 0 Å². The molecule has 0 saturated carbocycles. The van der Waals surface area contributed by atoms with Gasteiger partial charge in [0.15, 0.2) is 0 Å². The maximum atomic E-state index is 11.4. The molecule has 0 aromatic heterocycles. The van der Waals surface area contributed by atoms with Crippen molar-refractivity contribution in [3.05, 3.63) is 35.4 Å². The van der Waals surface area contributed by atoms with Gasteiger partial charge in [0.1, 0.15) is 0 Å². The third-order valence-electron chi connectivity index (χ3n) is 3.61.